The Balaban J connectivity index is 2.23. The minimum Gasteiger partial charge on any atom is -0.492 e. The van der Waals surface area contributed by atoms with Crippen LogP contribution in [0.4, 0.5) is 0 Å². The van der Waals surface area contributed by atoms with Crippen molar-refractivity contribution in [2.75, 3.05) is 6.61 Å². The van der Waals surface area contributed by atoms with Crippen LogP contribution in [0.5, 0.6) is 5.75 Å². The molecule has 0 unspecified atom stereocenters. The smallest absolute Gasteiger partial charge is 0.137 e. The molecule has 0 saturated heterocycles. The van der Waals surface area contributed by atoms with E-state index in [1.165, 1.54) is 5.56 Å². The van der Waals surface area contributed by atoms with Crippen molar-refractivity contribution in [1.29, 1.82) is 5.26 Å². The van der Waals surface area contributed by atoms with Crippen LogP contribution in [0, 0.1) is 11.3 Å². The molecule has 0 aliphatic carbocycles. The largest absolute Gasteiger partial charge is 0.492 e. The average Bonchev–Trinajstić information content (AvgIpc) is 2.42. The summed E-state index contributed by atoms with van der Waals surface area (Å²) in [7, 11) is 0. The molecule has 2 aromatic rings. The van der Waals surface area contributed by atoms with Gasteiger partial charge in [0, 0.05) is 0 Å². The molecule has 0 saturated carbocycles. The third kappa shape index (κ3) is 2.89. The molecule has 0 bridgehead atoms. The molecule has 0 radical (unpaired) electrons. The summed E-state index contributed by atoms with van der Waals surface area (Å²) in [6, 6.07) is 18.2. The molecule has 0 heterocycles. The summed E-state index contributed by atoms with van der Waals surface area (Å²) < 4.78 is 5.41. The lowest BCUT2D eigenvalue weighted by Crippen LogP contribution is -1.96. The molecule has 2 nitrogen and oxygen atoms in total. The number of hydrogen-bond donors (Lipinski definition) is 0. The molecule has 0 aliphatic rings. The normalized spacial score (nSPS) is 9.78. The van der Waals surface area contributed by atoms with Crippen LogP contribution >= 0.6 is 0 Å². The van der Waals surface area contributed by atoms with Crippen LogP contribution < -0.4 is 4.74 Å². The standard InChI is InChI=1S/C16H15NO/c1-2-18-16-9-8-14(11-15(16)12-17)10-13-6-4-3-5-7-13/h3-9,11H,2,10H2,1H3. The average molecular weight is 237 g/mol. The van der Waals surface area contributed by atoms with Gasteiger partial charge in [0.1, 0.15) is 11.8 Å². The second kappa shape index (κ2) is 5.88. The van der Waals surface area contributed by atoms with Crippen molar-refractivity contribution in [3.63, 3.8) is 0 Å². The third-order valence-electron chi connectivity index (χ3n) is 2.72. The predicted octanol–water partition coefficient (Wildman–Crippen LogP) is 3.55. The van der Waals surface area contributed by atoms with E-state index in [9.17, 15) is 0 Å². The van der Waals surface area contributed by atoms with Gasteiger partial charge in [0.15, 0.2) is 0 Å². The van der Waals surface area contributed by atoms with E-state index < -0.39 is 0 Å². The number of nitriles is 1. The van der Waals surface area contributed by atoms with E-state index in [0.717, 1.165) is 12.0 Å². The molecule has 0 aromatic heterocycles. The molecule has 0 amide bonds. The van der Waals surface area contributed by atoms with E-state index in [0.29, 0.717) is 17.9 Å². The first-order chi connectivity index (χ1) is 8.83. The maximum absolute atomic E-state index is 9.11. The summed E-state index contributed by atoms with van der Waals surface area (Å²) in [5, 5.41) is 9.11. The van der Waals surface area contributed by atoms with E-state index >= 15 is 0 Å². The minimum absolute atomic E-state index is 0.576. The molecular formula is C16H15NO. The van der Waals surface area contributed by atoms with Crippen molar-refractivity contribution in [1.82, 2.24) is 0 Å². The molecule has 90 valence electrons. The van der Waals surface area contributed by atoms with Crippen molar-refractivity contribution < 1.29 is 4.74 Å². The summed E-state index contributed by atoms with van der Waals surface area (Å²) in [5.74, 6) is 0.664. The van der Waals surface area contributed by atoms with E-state index in [1.54, 1.807) is 0 Å². The first-order valence-corrected chi connectivity index (χ1v) is 6.03. The lowest BCUT2D eigenvalue weighted by molar-refractivity contribution is 0.339. The van der Waals surface area contributed by atoms with Crippen LogP contribution in [-0.2, 0) is 6.42 Å². The van der Waals surface area contributed by atoms with Crippen molar-refractivity contribution in [2.24, 2.45) is 0 Å². The van der Waals surface area contributed by atoms with Crippen LogP contribution in [0.3, 0.4) is 0 Å². The number of nitrogens with zero attached hydrogens (tertiary/aromatic N) is 1. The number of hydrogen-bond acceptors (Lipinski definition) is 2. The molecule has 18 heavy (non-hydrogen) atoms. The highest BCUT2D eigenvalue weighted by Crippen LogP contribution is 2.21. The van der Waals surface area contributed by atoms with Gasteiger partial charge in [-0.25, -0.2) is 0 Å². The summed E-state index contributed by atoms with van der Waals surface area (Å²) in [6.07, 6.45) is 0.835. The van der Waals surface area contributed by atoms with Crippen molar-refractivity contribution in [3.8, 4) is 11.8 Å². The van der Waals surface area contributed by atoms with Gasteiger partial charge in [0.2, 0.25) is 0 Å². The zero-order valence-electron chi connectivity index (χ0n) is 10.4. The van der Waals surface area contributed by atoms with Gasteiger partial charge in [-0.3, -0.25) is 0 Å². The van der Waals surface area contributed by atoms with Crippen LogP contribution in [-0.4, -0.2) is 6.61 Å². The van der Waals surface area contributed by atoms with Gasteiger partial charge in [0.05, 0.1) is 12.2 Å². The Morgan fingerprint density at radius 2 is 1.83 bits per heavy atom. The lowest BCUT2D eigenvalue weighted by atomic mass is 10.0. The summed E-state index contributed by atoms with van der Waals surface area (Å²) in [6.45, 7) is 2.49. The number of ether oxygens (including phenoxy) is 1. The number of rotatable bonds is 4. The van der Waals surface area contributed by atoms with Gasteiger partial charge in [-0.2, -0.15) is 5.26 Å². The van der Waals surface area contributed by atoms with Crippen molar-refractivity contribution in [2.45, 2.75) is 13.3 Å². The Morgan fingerprint density at radius 3 is 2.50 bits per heavy atom. The minimum atomic E-state index is 0.576. The van der Waals surface area contributed by atoms with E-state index in [1.807, 2.05) is 43.3 Å². The second-order valence-corrected chi connectivity index (χ2v) is 4.04. The van der Waals surface area contributed by atoms with Crippen LogP contribution in [0.1, 0.15) is 23.6 Å². The monoisotopic (exact) mass is 237 g/mol. The SMILES string of the molecule is CCOc1ccc(Cc2ccccc2)cc1C#N. The molecule has 0 atom stereocenters. The summed E-state index contributed by atoms with van der Waals surface area (Å²) in [5.41, 5.74) is 2.97. The highest BCUT2D eigenvalue weighted by molar-refractivity contribution is 5.46. The molecule has 2 aromatic carbocycles. The maximum Gasteiger partial charge on any atom is 0.137 e. The fraction of sp³-hybridized carbons (Fsp3) is 0.188. The first kappa shape index (κ1) is 12.2. The van der Waals surface area contributed by atoms with E-state index in [4.69, 9.17) is 10.00 Å². The van der Waals surface area contributed by atoms with Crippen LogP contribution in [0.15, 0.2) is 48.5 Å². The predicted molar refractivity (Wildman–Crippen MR) is 71.6 cm³/mol. The molecule has 0 aliphatic heterocycles. The third-order valence-corrected chi connectivity index (χ3v) is 2.72. The fourth-order valence-electron chi connectivity index (χ4n) is 1.89. The first-order valence-electron chi connectivity index (χ1n) is 6.03. The van der Waals surface area contributed by atoms with Gasteiger partial charge in [0.25, 0.3) is 0 Å². The Morgan fingerprint density at radius 1 is 1.06 bits per heavy atom. The van der Waals surface area contributed by atoms with Crippen molar-refractivity contribution >= 4 is 0 Å². The second-order valence-electron chi connectivity index (χ2n) is 4.04. The highest BCUT2D eigenvalue weighted by Gasteiger charge is 2.04. The Labute approximate surface area is 107 Å². The van der Waals surface area contributed by atoms with Gasteiger partial charge >= 0.3 is 0 Å². The molecule has 2 rings (SSSR count). The number of benzene rings is 2. The summed E-state index contributed by atoms with van der Waals surface area (Å²) >= 11 is 0. The fourth-order valence-corrected chi connectivity index (χ4v) is 1.89. The Kier molecular flexibility index (Phi) is 3.98. The summed E-state index contributed by atoms with van der Waals surface area (Å²) in [4.78, 5) is 0. The van der Waals surface area contributed by atoms with Crippen LogP contribution in [0.25, 0.3) is 0 Å². The molecule has 2 heteroatoms. The van der Waals surface area contributed by atoms with Crippen molar-refractivity contribution in [3.05, 3.63) is 65.2 Å². The zero-order chi connectivity index (χ0) is 12.8. The van der Waals surface area contributed by atoms with Gasteiger partial charge in [-0.15, -0.1) is 0 Å². The van der Waals surface area contributed by atoms with Crippen LogP contribution in [0.2, 0.25) is 0 Å². The zero-order valence-corrected chi connectivity index (χ0v) is 10.4. The Hall–Kier alpha value is -2.27. The molecule has 0 N–H and O–H groups in total. The molecular weight excluding hydrogens is 222 g/mol. The Bertz CT molecular complexity index is 555. The van der Waals surface area contributed by atoms with E-state index in [2.05, 4.69) is 18.2 Å². The maximum atomic E-state index is 9.11. The quantitative estimate of drug-likeness (QED) is 0.814. The molecule has 0 spiro atoms. The molecule has 0 fully saturated rings. The van der Waals surface area contributed by atoms with Gasteiger partial charge in [-0.1, -0.05) is 36.4 Å². The van der Waals surface area contributed by atoms with Gasteiger partial charge < -0.3 is 4.74 Å². The van der Waals surface area contributed by atoms with E-state index in [-0.39, 0.29) is 0 Å². The lowest BCUT2D eigenvalue weighted by Gasteiger charge is -2.07. The highest BCUT2D eigenvalue weighted by atomic mass is 16.5. The van der Waals surface area contributed by atoms with Gasteiger partial charge in [-0.05, 0) is 36.6 Å². The topological polar surface area (TPSA) is 33.0 Å².